The average molecular weight is 651 g/mol. The van der Waals surface area contributed by atoms with Gasteiger partial charge in [0.25, 0.3) is 0 Å². The second-order valence-electron chi connectivity index (χ2n) is 9.62. The Morgan fingerprint density at radius 1 is 1.21 bits per heavy atom. The predicted molar refractivity (Wildman–Crippen MR) is 147 cm³/mol. The van der Waals surface area contributed by atoms with Gasteiger partial charge >= 0.3 is 28.5 Å². The molecule has 2 unspecified atom stereocenters. The molecule has 0 aromatic heterocycles. The number of amides is 1. The summed E-state index contributed by atoms with van der Waals surface area (Å²) in [5, 5.41) is 14.9. The number of fused-ring (bicyclic) bond motifs is 2. The van der Waals surface area contributed by atoms with Crippen molar-refractivity contribution in [3.63, 3.8) is 0 Å². The SMILES string of the molecule is COc1ccc(C)cc1NC(=O)OC1CC2CCCC(C1)N2CCCN(CC[S-])CC([O-])=NCC[S-].[O]=[99Tc+5]. The van der Waals surface area contributed by atoms with E-state index in [1.165, 1.54) is 6.42 Å². The van der Waals surface area contributed by atoms with Crippen molar-refractivity contribution in [2.45, 2.75) is 63.6 Å². The molecule has 2 aliphatic rings. The molecule has 1 aromatic carbocycles. The summed E-state index contributed by atoms with van der Waals surface area (Å²) in [6.07, 6.45) is 5.61. The Bertz CT molecular complexity index is 883. The van der Waals surface area contributed by atoms with Crippen LogP contribution in [0.1, 0.15) is 44.1 Å². The van der Waals surface area contributed by atoms with Crippen LogP contribution in [0.4, 0.5) is 10.5 Å². The molecule has 0 saturated carbocycles. The van der Waals surface area contributed by atoms with E-state index in [4.69, 9.17) is 38.2 Å². The first-order valence-corrected chi connectivity index (χ1v) is 15.0. The molecule has 12 heteroatoms. The molecular formula is C26H39N4O5S2Tc+2. The van der Waals surface area contributed by atoms with E-state index in [9.17, 15) is 9.90 Å². The van der Waals surface area contributed by atoms with Gasteiger partial charge in [-0.25, -0.2) is 4.79 Å². The molecule has 1 amide bonds. The zero-order valence-corrected chi connectivity index (χ0v) is 25.7. The van der Waals surface area contributed by atoms with E-state index in [1.54, 1.807) is 7.11 Å². The average Bonchev–Trinajstić information content (AvgIpc) is 2.89. The second-order valence-corrected chi connectivity index (χ2v) is 10.4. The zero-order valence-electron chi connectivity index (χ0n) is 22.2. The van der Waals surface area contributed by atoms with Gasteiger partial charge < -0.3 is 49.7 Å². The van der Waals surface area contributed by atoms with Crippen LogP contribution >= 0.6 is 0 Å². The molecule has 210 valence electrons. The van der Waals surface area contributed by atoms with Crippen LogP contribution in [0.25, 0.3) is 0 Å². The molecule has 2 atom stereocenters. The Morgan fingerprint density at radius 2 is 1.92 bits per heavy atom. The van der Waals surface area contributed by atoms with Crippen molar-refractivity contribution in [2.24, 2.45) is 4.99 Å². The normalized spacial score (nSPS) is 21.4. The fourth-order valence-corrected chi connectivity index (χ4v) is 5.74. The number of nitrogens with zero attached hydrogens (tertiary/aromatic N) is 3. The predicted octanol–water partition coefficient (Wildman–Crippen LogP) is 2.36. The number of methoxy groups -OCH3 is 1. The van der Waals surface area contributed by atoms with E-state index in [-0.39, 0.29) is 12.0 Å². The van der Waals surface area contributed by atoms with E-state index in [2.05, 4.69) is 20.1 Å². The maximum atomic E-state index is 12.7. The molecule has 2 fully saturated rings. The molecule has 38 heavy (non-hydrogen) atoms. The van der Waals surface area contributed by atoms with Gasteiger partial charge in [0.05, 0.1) is 12.8 Å². The first kappa shape index (κ1) is 33.0. The van der Waals surface area contributed by atoms with Crippen LogP contribution in [0.5, 0.6) is 5.75 Å². The van der Waals surface area contributed by atoms with Crippen LogP contribution in [0.15, 0.2) is 23.2 Å². The van der Waals surface area contributed by atoms with Crippen molar-refractivity contribution >= 4 is 42.9 Å². The molecule has 2 heterocycles. The number of hydrogen-bond acceptors (Lipinski definition) is 10. The van der Waals surface area contributed by atoms with Crippen LogP contribution in [0.2, 0.25) is 0 Å². The number of carbonyl (C=O) groups excluding carboxylic acids is 1. The van der Waals surface area contributed by atoms with Gasteiger partial charge in [0.2, 0.25) is 0 Å². The standard InChI is InChI=1S/C26H42N4O4S2.O.Tc/c1-19-7-8-24(33-2)23(15-19)28-26(32)34-22-16-20-5-3-6-21(17-22)30(20)11-4-10-29(12-14-36)18-25(31)27-9-13-35;;/h7-8,15,20-22,35-36H,3-6,9-14,16-18H2,1-2H3,(H,27,31)(H,28,32);;/q;;+5/p-3/i;;1+1. The van der Waals surface area contributed by atoms with Gasteiger partial charge in [-0.1, -0.05) is 12.5 Å². The number of piperidine rings is 2. The molecule has 2 bridgehead atoms. The molecule has 2 aliphatic heterocycles. The summed E-state index contributed by atoms with van der Waals surface area (Å²) in [5.74, 6) is 1.57. The van der Waals surface area contributed by atoms with Gasteiger partial charge in [-0.15, -0.1) is 0 Å². The van der Waals surface area contributed by atoms with E-state index >= 15 is 0 Å². The Morgan fingerprint density at radius 3 is 2.55 bits per heavy atom. The molecule has 9 nitrogen and oxygen atoms in total. The molecule has 0 aliphatic carbocycles. The topological polar surface area (TPSA) is 107 Å². The van der Waals surface area contributed by atoms with Crippen molar-refractivity contribution in [1.82, 2.24) is 9.80 Å². The van der Waals surface area contributed by atoms with Crippen molar-refractivity contribution in [3.8, 4) is 5.75 Å². The van der Waals surface area contributed by atoms with Crippen LogP contribution in [-0.2, 0) is 52.4 Å². The third-order valence-electron chi connectivity index (χ3n) is 6.98. The van der Waals surface area contributed by atoms with Gasteiger partial charge in [-0.2, -0.15) is 11.5 Å². The van der Waals surface area contributed by atoms with E-state index < -0.39 is 6.09 Å². The van der Waals surface area contributed by atoms with E-state index in [1.807, 2.05) is 25.1 Å². The monoisotopic (exact) mass is 650 g/mol. The third-order valence-corrected chi connectivity index (χ3v) is 7.35. The van der Waals surface area contributed by atoms with Crippen molar-refractivity contribution in [1.29, 1.82) is 0 Å². The number of aryl methyl sites for hydroxylation is 1. The fourth-order valence-electron chi connectivity index (χ4n) is 5.39. The first-order chi connectivity index (χ1) is 18.4. The van der Waals surface area contributed by atoms with Gasteiger partial charge in [-0.3, -0.25) is 10.2 Å². The summed E-state index contributed by atoms with van der Waals surface area (Å²) in [7, 11) is 1.59. The molecule has 2 saturated heterocycles. The summed E-state index contributed by atoms with van der Waals surface area (Å²) in [4.78, 5) is 21.4. The number of hydrogen-bond donors (Lipinski definition) is 1. The molecule has 0 spiro atoms. The number of anilines is 1. The van der Waals surface area contributed by atoms with Crippen LogP contribution < -0.4 is 15.2 Å². The third kappa shape index (κ3) is 10.8. The Kier molecular flexibility index (Phi) is 15.8. The number of carbonyl (C=O) groups is 1. The molecule has 3 rings (SSSR count). The summed E-state index contributed by atoms with van der Waals surface area (Å²) in [6.45, 7) is 5.21. The number of ether oxygens (including phenoxy) is 2. The fraction of sp³-hybridized carbons (Fsp3) is 0.692. The second kappa shape index (κ2) is 18.2. The zero-order chi connectivity index (χ0) is 27.9. The summed E-state index contributed by atoms with van der Waals surface area (Å²) < 4.78 is 19.4. The molecule has 1 aromatic rings. The van der Waals surface area contributed by atoms with Gasteiger partial charge in [0.1, 0.15) is 11.9 Å². The Balaban J connectivity index is 0.00000247. The maximum absolute atomic E-state index is 12.7. The van der Waals surface area contributed by atoms with Crippen molar-refractivity contribution < 1.29 is 41.7 Å². The van der Waals surface area contributed by atoms with Gasteiger partial charge in [0.15, 0.2) is 0 Å². The molecular weight excluding hydrogens is 611 g/mol. The number of nitrogens with one attached hydrogen (secondary N) is 1. The minimum absolute atomic E-state index is 0.0901. The van der Waals surface area contributed by atoms with Crippen LogP contribution in [0, 0.1) is 6.92 Å². The number of aliphatic imine (C=N–C) groups is 1. The van der Waals surface area contributed by atoms with Crippen LogP contribution in [0.3, 0.4) is 0 Å². The van der Waals surface area contributed by atoms with Crippen molar-refractivity contribution in [2.75, 3.05) is 56.7 Å². The first-order valence-electron chi connectivity index (χ1n) is 13.1. The van der Waals surface area contributed by atoms with Gasteiger partial charge in [-0.05, 0) is 69.4 Å². The summed E-state index contributed by atoms with van der Waals surface area (Å²) in [6, 6.07) is 6.50. The number of benzene rings is 1. The van der Waals surface area contributed by atoms with E-state index in [0.29, 0.717) is 54.7 Å². The quantitative estimate of drug-likeness (QED) is 0.196. The van der Waals surface area contributed by atoms with E-state index in [0.717, 1.165) is 69.6 Å². The Hall–Kier alpha value is -1.17. The number of rotatable bonds is 13. The van der Waals surface area contributed by atoms with Crippen molar-refractivity contribution in [3.05, 3.63) is 23.8 Å². The minimum atomic E-state index is -0.430. The molecule has 1 N–H and O–H groups in total. The summed E-state index contributed by atoms with van der Waals surface area (Å²) >= 11 is 10.9. The van der Waals surface area contributed by atoms with Crippen LogP contribution in [-0.4, -0.2) is 91.3 Å². The summed E-state index contributed by atoms with van der Waals surface area (Å²) in [5.41, 5.74) is 1.66. The van der Waals surface area contributed by atoms with Gasteiger partial charge in [0, 0.05) is 38.0 Å². The molecule has 0 radical (unpaired) electrons. The Labute approximate surface area is 248 Å².